The number of carbonyl (C=O) groups is 2. The summed E-state index contributed by atoms with van der Waals surface area (Å²) >= 11 is 4.55. The van der Waals surface area contributed by atoms with E-state index in [9.17, 15) is 22.8 Å². The first-order chi connectivity index (χ1) is 14.6. The average molecular weight is 519 g/mol. The van der Waals surface area contributed by atoms with Crippen molar-refractivity contribution in [2.45, 2.75) is 22.4 Å². The molecule has 3 rings (SSSR count). The lowest BCUT2D eigenvalue weighted by Crippen LogP contribution is -2.27. The fraction of sp³-hybridized carbons (Fsp3) is 0.263. The van der Waals surface area contributed by atoms with Crippen molar-refractivity contribution in [3.05, 3.63) is 40.4 Å². The zero-order chi connectivity index (χ0) is 22.6. The Morgan fingerprint density at radius 2 is 1.94 bits per heavy atom. The second-order valence-corrected chi connectivity index (χ2v) is 8.48. The molecular formula is C19H18BrF3N4O3S. The summed E-state index contributed by atoms with van der Waals surface area (Å²) in [6.07, 6.45) is -5.44. The summed E-state index contributed by atoms with van der Waals surface area (Å²) in [6.45, 7) is 0.586. The Labute approximate surface area is 188 Å². The molecule has 0 saturated carbocycles. The molecule has 1 heterocycles. The molecule has 166 valence electrons. The molecular weight excluding hydrogens is 501 g/mol. The Balaban J connectivity index is 1.73. The normalized spacial score (nSPS) is 12.4. The quantitative estimate of drug-likeness (QED) is 0.338. The highest BCUT2D eigenvalue weighted by Crippen LogP contribution is 2.50. The summed E-state index contributed by atoms with van der Waals surface area (Å²) in [5.41, 5.74) is 5.17. The lowest BCUT2D eigenvalue weighted by atomic mass is 10.1. The number of primary amides is 1. The predicted molar refractivity (Wildman–Crippen MR) is 115 cm³/mol. The third-order valence-corrected chi connectivity index (χ3v) is 5.77. The minimum atomic E-state index is -4.56. The number of amides is 2. The van der Waals surface area contributed by atoms with Crippen LogP contribution in [0.4, 0.5) is 35.0 Å². The molecule has 31 heavy (non-hydrogen) atoms. The van der Waals surface area contributed by atoms with Gasteiger partial charge in [0.15, 0.2) is 0 Å². The number of rotatable bonds is 7. The van der Waals surface area contributed by atoms with Gasteiger partial charge in [0.25, 0.3) is 0 Å². The Hall–Kier alpha value is -2.44. The van der Waals surface area contributed by atoms with Gasteiger partial charge in [-0.1, -0.05) is 27.7 Å². The standard InChI is InChI=1S/C19H18BrF3N4O3S/c20-11-1-2-12-14(9-11)31-15-8-10(19(21,22)23)7-13(17(15)27-12)26-16(28)3-4-25-5-6-30-18(24)29/h1-2,7-9,25,27H,3-6H2,(H2,24,29)(H,26,28). The SMILES string of the molecule is NC(=O)OCCNCCC(=O)Nc1cc(C(F)(F)F)cc2c1Nc1ccc(Br)cc1S2. The molecule has 5 N–H and O–H groups in total. The lowest BCUT2D eigenvalue weighted by Gasteiger charge is -2.25. The van der Waals surface area contributed by atoms with Crippen LogP contribution in [0.5, 0.6) is 0 Å². The summed E-state index contributed by atoms with van der Waals surface area (Å²) in [5, 5.41) is 8.56. The number of alkyl halides is 3. The van der Waals surface area contributed by atoms with E-state index in [0.29, 0.717) is 17.1 Å². The van der Waals surface area contributed by atoms with Crippen molar-refractivity contribution < 1.29 is 27.5 Å². The summed E-state index contributed by atoms with van der Waals surface area (Å²) in [5.74, 6) is -0.460. The van der Waals surface area contributed by atoms with E-state index in [1.165, 1.54) is 11.8 Å². The maximum absolute atomic E-state index is 13.4. The number of ether oxygens (including phenoxy) is 1. The second kappa shape index (κ2) is 9.79. The van der Waals surface area contributed by atoms with Gasteiger partial charge >= 0.3 is 12.3 Å². The highest BCUT2D eigenvalue weighted by atomic mass is 79.9. The molecule has 0 fully saturated rings. The van der Waals surface area contributed by atoms with Gasteiger partial charge in [0.05, 0.1) is 22.6 Å². The Bertz CT molecular complexity index is 1000. The molecule has 0 aliphatic carbocycles. The third-order valence-electron chi connectivity index (χ3n) is 4.18. The van der Waals surface area contributed by atoms with Gasteiger partial charge in [-0.25, -0.2) is 4.79 Å². The van der Waals surface area contributed by atoms with E-state index in [1.807, 2.05) is 12.1 Å². The van der Waals surface area contributed by atoms with Crippen molar-refractivity contribution in [3.63, 3.8) is 0 Å². The Morgan fingerprint density at radius 1 is 1.16 bits per heavy atom. The van der Waals surface area contributed by atoms with Crippen LogP contribution in [-0.2, 0) is 15.7 Å². The summed E-state index contributed by atoms with van der Waals surface area (Å²) < 4.78 is 45.6. The van der Waals surface area contributed by atoms with Crippen LogP contribution in [0.1, 0.15) is 12.0 Å². The molecule has 0 bridgehead atoms. The van der Waals surface area contributed by atoms with Gasteiger partial charge < -0.3 is 26.4 Å². The number of nitrogens with one attached hydrogen (secondary N) is 3. The van der Waals surface area contributed by atoms with E-state index in [0.717, 1.165) is 27.2 Å². The topological polar surface area (TPSA) is 105 Å². The van der Waals surface area contributed by atoms with Gasteiger partial charge in [-0.15, -0.1) is 0 Å². The number of carbonyl (C=O) groups excluding carboxylic acids is 2. The van der Waals surface area contributed by atoms with E-state index in [2.05, 4.69) is 36.6 Å². The van der Waals surface area contributed by atoms with Crippen LogP contribution in [0, 0.1) is 0 Å². The molecule has 1 aliphatic heterocycles. The number of halogens is 4. The van der Waals surface area contributed by atoms with Crippen molar-refractivity contribution in [3.8, 4) is 0 Å². The van der Waals surface area contributed by atoms with Crippen LogP contribution in [-0.4, -0.2) is 31.7 Å². The van der Waals surface area contributed by atoms with Crippen molar-refractivity contribution in [2.24, 2.45) is 5.73 Å². The lowest BCUT2D eigenvalue weighted by molar-refractivity contribution is -0.137. The van der Waals surface area contributed by atoms with Gasteiger partial charge in [-0.3, -0.25) is 4.79 Å². The first-order valence-electron chi connectivity index (χ1n) is 9.06. The van der Waals surface area contributed by atoms with Crippen molar-refractivity contribution in [1.29, 1.82) is 0 Å². The second-order valence-electron chi connectivity index (χ2n) is 6.48. The molecule has 1 aliphatic rings. The monoisotopic (exact) mass is 518 g/mol. The van der Waals surface area contributed by atoms with Crippen molar-refractivity contribution in [1.82, 2.24) is 5.32 Å². The van der Waals surface area contributed by atoms with E-state index in [-0.39, 0.29) is 25.3 Å². The van der Waals surface area contributed by atoms with Crippen LogP contribution in [0.3, 0.4) is 0 Å². The minimum absolute atomic E-state index is 0.0122. The van der Waals surface area contributed by atoms with Gasteiger partial charge in [0.1, 0.15) is 6.61 Å². The zero-order valence-corrected chi connectivity index (χ0v) is 18.3. The minimum Gasteiger partial charge on any atom is -0.448 e. The summed E-state index contributed by atoms with van der Waals surface area (Å²) in [4.78, 5) is 23.9. The molecule has 0 unspecified atom stereocenters. The van der Waals surface area contributed by atoms with E-state index in [1.54, 1.807) is 6.07 Å². The average Bonchev–Trinajstić information content (AvgIpc) is 2.68. The smallest absolute Gasteiger partial charge is 0.416 e. The summed E-state index contributed by atoms with van der Waals surface area (Å²) in [6, 6.07) is 7.40. The van der Waals surface area contributed by atoms with Crippen LogP contribution in [0.2, 0.25) is 0 Å². The Kier molecular flexibility index (Phi) is 7.34. The van der Waals surface area contributed by atoms with Gasteiger partial charge in [0, 0.05) is 33.8 Å². The fourth-order valence-corrected chi connectivity index (χ4v) is 4.40. The van der Waals surface area contributed by atoms with E-state index in [4.69, 9.17) is 5.73 Å². The van der Waals surface area contributed by atoms with Crippen LogP contribution >= 0.6 is 27.7 Å². The van der Waals surface area contributed by atoms with Crippen LogP contribution < -0.4 is 21.7 Å². The number of hydrogen-bond acceptors (Lipinski definition) is 6. The maximum atomic E-state index is 13.4. The number of fused-ring (bicyclic) bond motifs is 2. The molecule has 2 aromatic carbocycles. The first-order valence-corrected chi connectivity index (χ1v) is 10.7. The molecule has 0 radical (unpaired) electrons. The molecule has 2 aromatic rings. The molecule has 12 heteroatoms. The number of nitrogens with two attached hydrogens (primary N) is 1. The number of anilines is 3. The van der Waals surface area contributed by atoms with E-state index < -0.39 is 23.7 Å². The van der Waals surface area contributed by atoms with Crippen molar-refractivity contribution in [2.75, 3.05) is 30.3 Å². The first kappa shape index (κ1) is 23.2. The fourth-order valence-electron chi connectivity index (χ4n) is 2.79. The van der Waals surface area contributed by atoms with Crippen LogP contribution in [0.15, 0.2) is 44.6 Å². The highest BCUT2D eigenvalue weighted by molar-refractivity contribution is 9.10. The third kappa shape index (κ3) is 6.28. The molecule has 0 saturated heterocycles. The van der Waals surface area contributed by atoms with Gasteiger partial charge in [-0.05, 0) is 30.3 Å². The number of benzene rings is 2. The molecule has 0 spiro atoms. The molecule has 0 atom stereocenters. The van der Waals surface area contributed by atoms with Crippen LogP contribution in [0.25, 0.3) is 0 Å². The molecule has 7 nitrogen and oxygen atoms in total. The molecule has 0 aromatic heterocycles. The van der Waals surface area contributed by atoms with E-state index >= 15 is 0 Å². The predicted octanol–water partition coefficient (Wildman–Crippen LogP) is 4.69. The van der Waals surface area contributed by atoms with Gasteiger partial charge in [0.2, 0.25) is 5.91 Å². The molecule has 2 amide bonds. The number of hydrogen-bond donors (Lipinski definition) is 4. The van der Waals surface area contributed by atoms with Crippen molar-refractivity contribution >= 4 is 56.8 Å². The maximum Gasteiger partial charge on any atom is 0.416 e. The summed E-state index contributed by atoms with van der Waals surface area (Å²) in [7, 11) is 0. The Morgan fingerprint density at radius 3 is 2.65 bits per heavy atom. The largest absolute Gasteiger partial charge is 0.448 e. The van der Waals surface area contributed by atoms with Gasteiger partial charge in [-0.2, -0.15) is 13.2 Å². The zero-order valence-electron chi connectivity index (χ0n) is 15.9. The highest BCUT2D eigenvalue weighted by Gasteiger charge is 2.33.